The summed E-state index contributed by atoms with van der Waals surface area (Å²) in [7, 11) is 1.84. The summed E-state index contributed by atoms with van der Waals surface area (Å²) in [5.74, 6) is 0.859. The number of ether oxygens (including phenoxy) is 1. The normalized spacial score (nSPS) is 17.2. The first-order valence-electron chi connectivity index (χ1n) is 11.3. The Balaban J connectivity index is 0.00000480. The molecule has 6 nitrogen and oxygen atoms in total. The molecule has 1 aliphatic rings. The first kappa shape index (κ1) is 28.4. The zero-order valence-corrected chi connectivity index (χ0v) is 22.7. The molecule has 0 aliphatic carbocycles. The number of nitrogens with zero attached hydrogens (tertiary/aromatic N) is 3. The van der Waals surface area contributed by atoms with E-state index >= 15 is 0 Å². The molecule has 1 saturated heterocycles. The van der Waals surface area contributed by atoms with Crippen LogP contribution >= 0.6 is 35.6 Å². The molecule has 1 fully saturated rings. The summed E-state index contributed by atoms with van der Waals surface area (Å²) >= 11 is 6.11. The van der Waals surface area contributed by atoms with Gasteiger partial charge in [-0.3, -0.25) is 9.89 Å². The van der Waals surface area contributed by atoms with E-state index in [0.29, 0.717) is 6.04 Å². The summed E-state index contributed by atoms with van der Waals surface area (Å²) in [5.41, 5.74) is 1.26. The molecule has 8 heteroatoms. The Hall–Kier alpha value is -0.610. The average Bonchev–Trinajstić information content (AvgIpc) is 2.78. The fourth-order valence-electron chi connectivity index (χ4n) is 3.89. The number of nitrogens with one attached hydrogen (secondary N) is 2. The summed E-state index contributed by atoms with van der Waals surface area (Å²) in [6.07, 6.45) is 2.31. The Kier molecular flexibility index (Phi) is 14.7. The van der Waals surface area contributed by atoms with Crippen molar-refractivity contribution in [3.05, 3.63) is 34.9 Å². The van der Waals surface area contributed by atoms with Crippen molar-refractivity contribution in [2.45, 2.75) is 45.7 Å². The van der Waals surface area contributed by atoms with Crippen LogP contribution in [0.4, 0.5) is 0 Å². The van der Waals surface area contributed by atoms with Crippen LogP contribution in [0.2, 0.25) is 5.02 Å². The van der Waals surface area contributed by atoms with E-state index < -0.39 is 0 Å². The van der Waals surface area contributed by atoms with Crippen molar-refractivity contribution in [1.82, 2.24) is 20.4 Å². The zero-order valence-electron chi connectivity index (χ0n) is 19.6. The molecule has 0 aromatic heterocycles. The number of rotatable bonds is 11. The highest BCUT2D eigenvalue weighted by molar-refractivity contribution is 14.0. The molecular weight excluding hydrogens is 525 g/mol. The summed E-state index contributed by atoms with van der Waals surface area (Å²) in [5, 5.41) is 7.86. The van der Waals surface area contributed by atoms with E-state index in [-0.39, 0.29) is 30.0 Å². The molecule has 0 spiro atoms. The molecule has 31 heavy (non-hydrogen) atoms. The Morgan fingerprint density at radius 3 is 2.42 bits per heavy atom. The summed E-state index contributed by atoms with van der Waals surface area (Å²) in [6, 6.07) is 8.81. The number of hydrogen-bond donors (Lipinski definition) is 2. The third-order valence-corrected chi connectivity index (χ3v) is 6.07. The Bertz CT molecular complexity index is 621. The lowest BCUT2D eigenvalue weighted by Crippen LogP contribution is -2.48. The lowest BCUT2D eigenvalue weighted by atomic mass is 10.0. The van der Waals surface area contributed by atoms with Gasteiger partial charge in [-0.15, -0.1) is 24.0 Å². The quantitative estimate of drug-likeness (QED) is 0.241. The van der Waals surface area contributed by atoms with Crippen LogP contribution in [0.3, 0.4) is 0 Å². The van der Waals surface area contributed by atoms with Crippen molar-refractivity contribution in [3.63, 3.8) is 0 Å². The van der Waals surface area contributed by atoms with Crippen LogP contribution < -0.4 is 10.6 Å². The monoisotopic (exact) mass is 565 g/mol. The fourth-order valence-corrected chi connectivity index (χ4v) is 4.01. The topological polar surface area (TPSA) is 52.1 Å². The molecule has 2 unspecified atom stereocenters. The molecular formula is C23H41ClIN5O. The number of aliphatic imine (C=N–C) groups is 1. The Labute approximate surface area is 211 Å². The van der Waals surface area contributed by atoms with Gasteiger partial charge in [-0.2, -0.15) is 0 Å². The molecule has 1 heterocycles. The van der Waals surface area contributed by atoms with Crippen LogP contribution in [0.25, 0.3) is 0 Å². The molecule has 0 bridgehead atoms. The van der Waals surface area contributed by atoms with Gasteiger partial charge in [0.2, 0.25) is 0 Å². The van der Waals surface area contributed by atoms with Crippen molar-refractivity contribution in [1.29, 1.82) is 0 Å². The minimum Gasteiger partial charge on any atom is -0.379 e. The molecule has 1 aromatic carbocycles. The Morgan fingerprint density at radius 2 is 1.84 bits per heavy atom. The van der Waals surface area contributed by atoms with Crippen molar-refractivity contribution in [2.24, 2.45) is 4.99 Å². The summed E-state index contributed by atoms with van der Waals surface area (Å²) < 4.78 is 5.55. The van der Waals surface area contributed by atoms with Gasteiger partial charge >= 0.3 is 0 Å². The predicted octanol–water partition coefficient (Wildman–Crippen LogP) is 4.01. The molecule has 0 saturated carbocycles. The number of hydrogen-bond acceptors (Lipinski definition) is 4. The van der Waals surface area contributed by atoms with Gasteiger partial charge in [0, 0.05) is 37.7 Å². The lowest BCUT2D eigenvalue weighted by molar-refractivity contribution is 0.0170. The molecule has 2 rings (SSSR count). The predicted molar refractivity (Wildman–Crippen MR) is 143 cm³/mol. The highest BCUT2D eigenvalue weighted by Gasteiger charge is 2.23. The molecule has 2 atom stereocenters. The first-order chi connectivity index (χ1) is 14.6. The summed E-state index contributed by atoms with van der Waals surface area (Å²) in [4.78, 5) is 9.39. The van der Waals surface area contributed by atoms with E-state index in [2.05, 4.69) is 58.3 Å². The molecule has 0 radical (unpaired) electrons. The van der Waals surface area contributed by atoms with Crippen molar-refractivity contribution in [3.8, 4) is 0 Å². The van der Waals surface area contributed by atoms with E-state index in [9.17, 15) is 0 Å². The maximum Gasteiger partial charge on any atom is 0.191 e. The van der Waals surface area contributed by atoms with E-state index in [0.717, 1.165) is 69.9 Å². The zero-order chi connectivity index (χ0) is 21.8. The number of halogens is 2. The summed E-state index contributed by atoms with van der Waals surface area (Å²) in [6.45, 7) is 14.3. The fraction of sp³-hybridized carbons (Fsp3) is 0.696. The highest BCUT2D eigenvalue weighted by atomic mass is 127. The van der Waals surface area contributed by atoms with E-state index in [1.54, 1.807) is 0 Å². The van der Waals surface area contributed by atoms with Crippen LogP contribution in [0.5, 0.6) is 0 Å². The van der Waals surface area contributed by atoms with Crippen LogP contribution in [0, 0.1) is 0 Å². The van der Waals surface area contributed by atoms with Crippen molar-refractivity contribution < 1.29 is 4.74 Å². The SMILES string of the molecule is CCN(CC)CCCC(C)NC(=NC)NCC(c1ccc(Cl)cc1)N1CCOCC1.I. The van der Waals surface area contributed by atoms with Crippen LogP contribution in [-0.2, 0) is 4.74 Å². The third-order valence-electron chi connectivity index (χ3n) is 5.82. The van der Waals surface area contributed by atoms with Crippen molar-refractivity contribution >= 4 is 41.5 Å². The van der Waals surface area contributed by atoms with E-state index in [1.165, 1.54) is 12.0 Å². The second-order valence-electron chi connectivity index (χ2n) is 7.88. The van der Waals surface area contributed by atoms with E-state index in [1.807, 2.05) is 19.2 Å². The minimum atomic E-state index is 0. The largest absolute Gasteiger partial charge is 0.379 e. The van der Waals surface area contributed by atoms with Crippen LogP contribution in [0.15, 0.2) is 29.3 Å². The average molecular weight is 566 g/mol. The van der Waals surface area contributed by atoms with Crippen LogP contribution in [-0.4, -0.2) is 81.3 Å². The number of morpholine rings is 1. The van der Waals surface area contributed by atoms with Gasteiger partial charge in [0.05, 0.1) is 19.3 Å². The maximum absolute atomic E-state index is 6.11. The molecule has 2 N–H and O–H groups in total. The van der Waals surface area contributed by atoms with Gasteiger partial charge < -0.3 is 20.3 Å². The number of benzene rings is 1. The molecule has 1 aromatic rings. The second kappa shape index (κ2) is 16.1. The standard InChI is InChI=1S/C23H40ClN5O.HI/c1-5-28(6-2)13-7-8-19(3)27-23(25-4)26-18-22(29-14-16-30-17-15-29)20-9-11-21(24)12-10-20;/h9-12,19,22H,5-8,13-18H2,1-4H3,(H2,25,26,27);1H. The van der Waals surface area contributed by atoms with Gasteiger partial charge in [-0.1, -0.05) is 37.6 Å². The van der Waals surface area contributed by atoms with Gasteiger partial charge in [0.1, 0.15) is 0 Å². The van der Waals surface area contributed by atoms with Gasteiger partial charge in [0.25, 0.3) is 0 Å². The van der Waals surface area contributed by atoms with Crippen molar-refractivity contribution in [2.75, 3.05) is 59.5 Å². The molecule has 178 valence electrons. The minimum absolute atomic E-state index is 0. The first-order valence-corrected chi connectivity index (χ1v) is 11.7. The highest BCUT2D eigenvalue weighted by Crippen LogP contribution is 2.23. The van der Waals surface area contributed by atoms with E-state index in [4.69, 9.17) is 16.3 Å². The van der Waals surface area contributed by atoms with Gasteiger partial charge in [-0.05, 0) is 57.1 Å². The third kappa shape index (κ3) is 10.2. The number of guanidine groups is 1. The molecule has 1 aliphatic heterocycles. The Morgan fingerprint density at radius 1 is 1.19 bits per heavy atom. The van der Waals surface area contributed by atoms with Gasteiger partial charge in [-0.25, -0.2) is 0 Å². The second-order valence-corrected chi connectivity index (χ2v) is 8.32. The smallest absolute Gasteiger partial charge is 0.191 e. The van der Waals surface area contributed by atoms with Gasteiger partial charge in [0.15, 0.2) is 5.96 Å². The van der Waals surface area contributed by atoms with Crippen LogP contribution in [0.1, 0.15) is 45.2 Å². The molecule has 0 amide bonds. The lowest BCUT2D eigenvalue weighted by Gasteiger charge is -2.35. The maximum atomic E-state index is 6.11.